The predicted molar refractivity (Wildman–Crippen MR) is 81.4 cm³/mol. The molecule has 2 rings (SSSR count). The predicted octanol–water partition coefficient (Wildman–Crippen LogP) is 2.62. The molecule has 0 bridgehead atoms. The van der Waals surface area contributed by atoms with Gasteiger partial charge in [-0.15, -0.1) is 0 Å². The van der Waals surface area contributed by atoms with E-state index < -0.39 is 10.0 Å². The molecule has 0 unspecified atom stereocenters. The molecule has 1 aromatic carbocycles. The second-order valence-corrected chi connectivity index (χ2v) is 7.57. The van der Waals surface area contributed by atoms with Crippen LogP contribution in [0.5, 0.6) is 0 Å². The van der Waals surface area contributed by atoms with Crippen LogP contribution in [0.15, 0.2) is 23.1 Å². The van der Waals surface area contributed by atoms with E-state index >= 15 is 0 Å². The lowest BCUT2D eigenvalue weighted by Crippen LogP contribution is -2.29. The van der Waals surface area contributed by atoms with Crippen molar-refractivity contribution >= 4 is 21.6 Å². The maximum atomic E-state index is 12.5. The number of benzene rings is 1. The van der Waals surface area contributed by atoms with Gasteiger partial charge in [-0.25, -0.2) is 8.42 Å². The maximum absolute atomic E-state index is 12.5. The Bertz CT molecular complexity index is 571. The van der Waals surface area contributed by atoms with E-state index in [1.165, 1.54) is 4.31 Å². The van der Waals surface area contributed by atoms with Gasteiger partial charge >= 0.3 is 0 Å². The van der Waals surface area contributed by atoms with Crippen molar-refractivity contribution in [1.29, 1.82) is 0 Å². The van der Waals surface area contributed by atoms with Crippen molar-refractivity contribution in [2.24, 2.45) is 0 Å². The highest BCUT2D eigenvalue weighted by Crippen LogP contribution is 2.33. The van der Waals surface area contributed by atoms with Gasteiger partial charge < -0.3 is 5.32 Å². The zero-order valence-electron chi connectivity index (χ0n) is 11.9. The average molecular weight is 317 g/mol. The molecule has 0 atom stereocenters. The summed E-state index contributed by atoms with van der Waals surface area (Å²) in [7, 11) is -1.86. The summed E-state index contributed by atoms with van der Waals surface area (Å²) in [6.07, 6.45) is 2.92. The van der Waals surface area contributed by atoms with Gasteiger partial charge in [0.25, 0.3) is 0 Å². The monoisotopic (exact) mass is 316 g/mol. The fourth-order valence-electron chi connectivity index (χ4n) is 2.05. The second kappa shape index (κ2) is 6.43. The van der Waals surface area contributed by atoms with Crippen molar-refractivity contribution in [2.45, 2.75) is 43.7 Å². The number of halogens is 1. The van der Waals surface area contributed by atoms with Gasteiger partial charge in [-0.05, 0) is 43.5 Å². The molecular formula is C14H21ClN2O2S. The zero-order valence-corrected chi connectivity index (χ0v) is 13.5. The van der Waals surface area contributed by atoms with Crippen LogP contribution in [-0.2, 0) is 16.6 Å². The smallest absolute Gasteiger partial charge is 0.244 e. The minimum atomic E-state index is -3.49. The minimum absolute atomic E-state index is 0.137. The summed E-state index contributed by atoms with van der Waals surface area (Å²) in [5, 5.41) is 3.55. The van der Waals surface area contributed by atoms with E-state index in [0.717, 1.165) is 31.4 Å². The third-order valence-electron chi connectivity index (χ3n) is 3.47. The molecule has 4 nitrogen and oxygen atoms in total. The summed E-state index contributed by atoms with van der Waals surface area (Å²) >= 11 is 6.08. The summed E-state index contributed by atoms with van der Waals surface area (Å²) < 4.78 is 26.5. The SMILES string of the molecule is CCCNCc1ccc(Cl)c(S(=O)(=O)N(C)C2CC2)c1. The van der Waals surface area contributed by atoms with Crippen molar-refractivity contribution in [3.05, 3.63) is 28.8 Å². The molecule has 1 N–H and O–H groups in total. The fraction of sp³-hybridized carbons (Fsp3) is 0.571. The van der Waals surface area contributed by atoms with E-state index in [4.69, 9.17) is 11.6 Å². The molecule has 112 valence electrons. The van der Waals surface area contributed by atoms with Gasteiger partial charge in [0, 0.05) is 19.6 Å². The summed E-state index contributed by atoms with van der Waals surface area (Å²) in [4.78, 5) is 0.212. The minimum Gasteiger partial charge on any atom is -0.313 e. The van der Waals surface area contributed by atoms with E-state index in [0.29, 0.717) is 6.54 Å². The quantitative estimate of drug-likeness (QED) is 0.787. The molecular weight excluding hydrogens is 296 g/mol. The van der Waals surface area contributed by atoms with Crippen LogP contribution in [0.3, 0.4) is 0 Å². The Morgan fingerprint density at radius 3 is 2.70 bits per heavy atom. The van der Waals surface area contributed by atoms with Crippen molar-refractivity contribution in [1.82, 2.24) is 9.62 Å². The second-order valence-electron chi connectivity index (χ2n) is 5.19. The molecule has 0 heterocycles. The normalized spacial score (nSPS) is 15.8. The Morgan fingerprint density at radius 2 is 2.10 bits per heavy atom. The highest BCUT2D eigenvalue weighted by atomic mass is 35.5. The average Bonchev–Trinajstić information content (AvgIpc) is 3.24. The highest BCUT2D eigenvalue weighted by molar-refractivity contribution is 7.89. The van der Waals surface area contributed by atoms with E-state index in [-0.39, 0.29) is 16.0 Å². The van der Waals surface area contributed by atoms with Gasteiger partial charge in [-0.3, -0.25) is 0 Å². The fourth-order valence-corrected chi connectivity index (χ4v) is 3.99. The molecule has 20 heavy (non-hydrogen) atoms. The Hall–Kier alpha value is -0.620. The van der Waals surface area contributed by atoms with E-state index in [2.05, 4.69) is 12.2 Å². The lowest BCUT2D eigenvalue weighted by Gasteiger charge is -2.18. The van der Waals surface area contributed by atoms with Crippen molar-refractivity contribution in [2.75, 3.05) is 13.6 Å². The van der Waals surface area contributed by atoms with Crippen molar-refractivity contribution < 1.29 is 8.42 Å². The van der Waals surface area contributed by atoms with Crippen LogP contribution in [0.2, 0.25) is 5.02 Å². The van der Waals surface area contributed by atoms with Gasteiger partial charge in [-0.1, -0.05) is 24.6 Å². The number of hydrogen-bond acceptors (Lipinski definition) is 3. The Balaban J connectivity index is 2.23. The summed E-state index contributed by atoms with van der Waals surface area (Å²) in [5.74, 6) is 0. The first-order valence-electron chi connectivity index (χ1n) is 6.94. The number of rotatable bonds is 7. The standard InChI is InChI=1S/C14H21ClN2O2S/c1-3-8-16-10-11-4-7-13(15)14(9-11)20(18,19)17(2)12-5-6-12/h4,7,9,12,16H,3,5-6,8,10H2,1-2H3. The first-order valence-corrected chi connectivity index (χ1v) is 8.75. The van der Waals surface area contributed by atoms with Crippen LogP contribution in [0.1, 0.15) is 31.7 Å². The molecule has 1 saturated carbocycles. The molecule has 0 amide bonds. The highest BCUT2D eigenvalue weighted by Gasteiger charge is 2.36. The van der Waals surface area contributed by atoms with Crippen LogP contribution in [0.25, 0.3) is 0 Å². The van der Waals surface area contributed by atoms with E-state index in [1.807, 2.05) is 6.07 Å². The summed E-state index contributed by atoms with van der Waals surface area (Å²) in [6, 6.07) is 5.34. The molecule has 0 radical (unpaired) electrons. The number of nitrogens with zero attached hydrogens (tertiary/aromatic N) is 1. The van der Waals surface area contributed by atoms with E-state index in [1.54, 1.807) is 19.2 Å². The Labute approximate surface area is 126 Å². The lowest BCUT2D eigenvalue weighted by atomic mass is 10.2. The molecule has 0 saturated heterocycles. The number of hydrogen-bond donors (Lipinski definition) is 1. The van der Waals surface area contributed by atoms with Crippen molar-refractivity contribution in [3.8, 4) is 0 Å². The third-order valence-corrected chi connectivity index (χ3v) is 5.86. The van der Waals surface area contributed by atoms with Gasteiger partial charge in [-0.2, -0.15) is 4.31 Å². The van der Waals surface area contributed by atoms with Gasteiger partial charge in [0.1, 0.15) is 4.90 Å². The summed E-state index contributed by atoms with van der Waals surface area (Å²) in [6.45, 7) is 3.66. The Morgan fingerprint density at radius 1 is 1.40 bits per heavy atom. The first-order chi connectivity index (χ1) is 9.46. The van der Waals surface area contributed by atoms with Crippen LogP contribution in [0.4, 0.5) is 0 Å². The lowest BCUT2D eigenvalue weighted by molar-refractivity contribution is 0.464. The van der Waals surface area contributed by atoms with Crippen LogP contribution < -0.4 is 5.32 Å². The Kier molecular flexibility index (Phi) is 5.07. The molecule has 6 heteroatoms. The molecule has 1 fully saturated rings. The molecule has 1 aliphatic rings. The molecule has 1 aliphatic carbocycles. The molecule has 1 aromatic rings. The maximum Gasteiger partial charge on any atom is 0.244 e. The largest absolute Gasteiger partial charge is 0.313 e. The van der Waals surface area contributed by atoms with E-state index in [9.17, 15) is 8.42 Å². The molecule has 0 spiro atoms. The van der Waals surface area contributed by atoms with Crippen molar-refractivity contribution in [3.63, 3.8) is 0 Å². The van der Waals surface area contributed by atoms with Gasteiger partial charge in [0.15, 0.2) is 0 Å². The van der Waals surface area contributed by atoms with Crippen LogP contribution in [0, 0.1) is 0 Å². The third kappa shape index (κ3) is 3.52. The molecule has 0 aromatic heterocycles. The van der Waals surface area contributed by atoms with Crippen LogP contribution in [-0.4, -0.2) is 32.4 Å². The van der Waals surface area contributed by atoms with Gasteiger partial charge in [0.2, 0.25) is 10.0 Å². The van der Waals surface area contributed by atoms with Crippen LogP contribution >= 0.6 is 11.6 Å². The number of nitrogens with one attached hydrogen (secondary N) is 1. The molecule has 0 aliphatic heterocycles. The topological polar surface area (TPSA) is 49.4 Å². The zero-order chi connectivity index (χ0) is 14.8. The summed E-state index contributed by atoms with van der Waals surface area (Å²) in [5.41, 5.74) is 0.936. The number of sulfonamides is 1. The first kappa shape index (κ1) is 15.8. The van der Waals surface area contributed by atoms with Gasteiger partial charge in [0.05, 0.1) is 5.02 Å².